The Balaban J connectivity index is 0.00000141. The lowest BCUT2D eigenvalue weighted by Gasteiger charge is -2.08. The van der Waals surface area contributed by atoms with E-state index in [2.05, 4.69) is 36.0 Å². The largest absolute Gasteiger partial charge is 0.380 e. The number of nitrogens with zero attached hydrogens (tertiary/aromatic N) is 3. The molecule has 0 bridgehead atoms. The molecule has 4 N–H and O–H groups in total. The third-order valence-electron chi connectivity index (χ3n) is 8.57. The maximum absolute atomic E-state index is 12.0. The van der Waals surface area contributed by atoms with Gasteiger partial charge in [-0.2, -0.15) is 5.21 Å². The van der Waals surface area contributed by atoms with E-state index in [1.54, 1.807) is 6.92 Å². The van der Waals surface area contributed by atoms with E-state index in [9.17, 15) is 27.6 Å². The van der Waals surface area contributed by atoms with Crippen molar-refractivity contribution in [3.05, 3.63) is 5.82 Å². The Morgan fingerprint density at radius 1 is 0.698 bits per heavy atom. The van der Waals surface area contributed by atoms with Crippen molar-refractivity contribution < 1.29 is 37.1 Å². The van der Waals surface area contributed by atoms with E-state index < -0.39 is 15.9 Å². The summed E-state index contributed by atoms with van der Waals surface area (Å²) in [6.07, 6.45) is 19.2. The average Bonchev–Trinajstić information content (AvgIpc) is 3.64. The fourth-order valence-electron chi connectivity index (χ4n) is 5.25. The molecule has 0 aliphatic rings. The van der Waals surface area contributed by atoms with Crippen LogP contribution in [0.4, 0.5) is 0 Å². The number of rotatable bonds is 34. The van der Waals surface area contributed by atoms with Crippen molar-refractivity contribution in [2.45, 2.75) is 156 Å². The number of Topliss-reactive ketones (excluding diaryl/α,β-unsaturated/α-hetero) is 1. The number of ketones is 1. The predicted octanol–water partition coefficient (Wildman–Crippen LogP) is 5.12. The van der Waals surface area contributed by atoms with Gasteiger partial charge in [-0.05, 0) is 52.9 Å². The number of amides is 3. The molecule has 1 rings (SSSR count). The highest BCUT2D eigenvalue weighted by atomic mass is 32.2. The summed E-state index contributed by atoms with van der Waals surface area (Å²) < 4.78 is 36.2. The van der Waals surface area contributed by atoms with Crippen LogP contribution in [0.2, 0.25) is 0 Å². The molecule has 1 heterocycles. The quantitative estimate of drug-likeness (QED) is 0.0676. The molecule has 16 heteroatoms. The maximum atomic E-state index is 12.0. The monoisotopic (exact) mass is 774 g/mol. The van der Waals surface area contributed by atoms with Gasteiger partial charge in [0.05, 0.1) is 12.4 Å². The summed E-state index contributed by atoms with van der Waals surface area (Å²) in [6, 6.07) is 0. The number of unbranched alkanes of at least 4 members (excludes halogenated alkanes) is 13. The molecule has 0 radical (unpaired) electrons. The van der Waals surface area contributed by atoms with Gasteiger partial charge in [-0.3, -0.25) is 23.9 Å². The van der Waals surface area contributed by atoms with Crippen LogP contribution in [-0.2, 0) is 45.1 Å². The zero-order valence-corrected chi connectivity index (χ0v) is 34.0. The van der Waals surface area contributed by atoms with Gasteiger partial charge >= 0.3 is 0 Å². The highest BCUT2D eigenvalue weighted by molar-refractivity contribution is 7.90. The highest BCUT2D eigenvalue weighted by Gasteiger charge is 2.15. The molecule has 0 saturated carbocycles. The van der Waals surface area contributed by atoms with E-state index in [1.165, 1.54) is 51.4 Å². The first-order valence-corrected chi connectivity index (χ1v) is 21.6. The molecule has 0 spiro atoms. The number of nitrogens with one attached hydrogen (secondary N) is 4. The highest BCUT2D eigenvalue weighted by Crippen LogP contribution is 2.14. The molecule has 0 unspecified atom stereocenters. The number of H-pyrrole nitrogens is 1. The Morgan fingerprint density at radius 2 is 1.26 bits per heavy atom. The van der Waals surface area contributed by atoms with E-state index in [0.29, 0.717) is 39.3 Å². The number of aryl methyl sites for hydroxylation is 1. The van der Waals surface area contributed by atoms with Gasteiger partial charge in [0.1, 0.15) is 12.4 Å². The van der Waals surface area contributed by atoms with E-state index in [-0.39, 0.29) is 55.1 Å². The van der Waals surface area contributed by atoms with Crippen molar-refractivity contribution in [3.8, 4) is 0 Å². The number of tetrazole rings is 1. The van der Waals surface area contributed by atoms with Gasteiger partial charge in [0.25, 0.3) is 0 Å². The lowest BCUT2D eigenvalue weighted by molar-refractivity contribution is -0.125. The van der Waals surface area contributed by atoms with Crippen LogP contribution in [0.3, 0.4) is 0 Å². The Bertz CT molecular complexity index is 1170. The summed E-state index contributed by atoms with van der Waals surface area (Å²) in [5.41, 5.74) is 0. The van der Waals surface area contributed by atoms with Crippen LogP contribution in [0, 0.1) is 5.92 Å². The number of carbonyl (C=O) groups excluding carboxylic acids is 4. The molecule has 0 saturated heterocycles. The first kappa shape index (κ1) is 50.0. The first-order chi connectivity index (χ1) is 25.5. The van der Waals surface area contributed by atoms with Gasteiger partial charge in [0.2, 0.25) is 27.7 Å². The third kappa shape index (κ3) is 34.5. The molecular formula is C37H71N7O8S. The van der Waals surface area contributed by atoms with Crippen molar-refractivity contribution in [2.24, 2.45) is 5.92 Å². The second-order valence-corrected chi connectivity index (χ2v) is 15.3. The summed E-state index contributed by atoms with van der Waals surface area (Å²) in [5.74, 6) is 0.192. The second kappa shape index (κ2) is 34.8. The van der Waals surface area contributed by atoms with E-state index in [4.69, 9.17) is 9.47 Å². The molecule has 1 aromatic rings. The van der Waals surface area contributed by atoms with Gasteiger partial charge in [-0.15, -0.1) is 10.2 Å². The third-order valence-corrected chi connectivity index (χ3v) is 9.93. The van der Waals surface area contributed by atoms with Crippen molar-refractivity contribution in [2.75, 3.05) is 45.3 Å². The van der Waals surface area contributed by atoms with E-state index in [1.807, 2.05) is 20.8 Å². The molecule has 1 aromatic heterocycles. The van der Waals surface area contributed by atoms with Crippen molar-refractivity contribution in [1.29, 1.82) is 0 Å². The fourth-order valence-corrected chi connectivity index (χ4v) is 6.32. The Kier molecular flexibility index (Phi) is 32.8. The van der Waals surface area contributed by atoms with Crippen molar-refractivity contribution in [3.63, 3.8) is 0 Å². The number of ether oxygens (including phenoxy) is 2. The molecule has 15 nitrogen and oxygen atoms in total. The van der Waals surface area contributed by atoms with Crippen LogP contribution in [-0.4, -0.2) is 97.8 Å². The molecular weight excluding hydrogens is 703 g/mol. The van der Waals surface area contributed by atoms with Gasteiger partial charge in [0.15, 0.2) is 5.82 Å². The van der Waals surface area contributed by atoms with E-state index in [0.717, 1.165) is 57.2 Å². The zero-order chi connectivity index (χ0) is 39.4. The molecule has 308 valence electrons. The van der Waals surface area contributed by atoms with Crippen LogP contribution in [0.1, 0.15) is 156 Å². The number of aromatic nitrogens is 4. The fraction of sp³-hybridized carbons (Fsp3) is 0.865. The van der Waals surface area contributed by atoms with Crippen molar-refractivity contribution >= 4 is 33.5 Å². The zero-order valence-electron chi connectivity index (χ0n) is 33.2. The number of hydrogen-bond acceptors (Lipinski definition) is 11. The van der Waals surface area contributed by atoms with Crippen molar-refractivity contribution in [1.82, 2.24) is 36.0 Å². The number of sulfonamides is 1. The van der Waals surface area contributed by atoms with Crippen LogP contribution >= 0.6 is 0 Å². The summed E-state index contributed by atoms with van der Waals surface area (Å²) in [7, 11) is -3.70. The smallest absolute Gasteiger partial charge is 0.245 e. The first-order valence-electron chi connectivity index (χ1n) is 20.0. The molecule has 0 aliphatic heterocycles. The number of hydrogen-bond donors (Lipinski definition) is 4. The number of carbonyl (C=O) groups is 4. The minimum atomic E-state index is -3.70. The Morgan fingerprint density at radius 3 is 1.83 bits per heavy atom. The van der Waals surface area contributed by atoms with Gasteiger partial charge < -0.3 is 20.1 Å². The lowest BCUT2D eigenvalue weighted by atomic mass is 10.0. The number of aromatic amines is 1. The van der Waals surface area contributed by atoms with Gasteiger partial charge in [-0.1, -0.05) is 89.2 Å². The van der Waals surface area contributed by atoms with Crippen LogP contribution in [0.25, 0.3) is 0 Å². The minimum absolute atomic E-state index is 0.0681. The summed E-state index contributed by atoms with van der Waals surface area (Å²) >= 11 is 0. The lowest BCUT2D eigenvalue weighted by Crippen LogP contribution is -2.33. The van der Waals surface area contributed by atoms with Crippen LogP contribution in [0.15, 0.2) is 0 Å². The predicted molar refractivity (Wildman–Crippen MR) is 206 cm³/mol. The van der Waals surface area contributed by atoms with E-state index >= 15 is 0 Å². The second-order valence-electron chi connectivity index (χ2n) is 13.4. The summed E-state index contributed by atoms with van der Waals surface area (Å²) in [4.78, 5) is 45.7. The molecule has 0 aromatic carbocycles. The maximum Gasteiger partial charge on any atom is 0.245 e. The Hall–Kier alpha value is -2.98. The van der Waals surface area contributed by atoms with Crippen LogP contribution in [0.5, 0.6) is 0 Å². The van der Waals surface area contributed by atoms with Crippen LogP contribution < -0.4 is 15.4 Å². The summed E-state index contributed by atoms with van der Waals surface area (Å²) in [5, 5.41) is 19.4. The molecule has 0 aliphatic carbocycles. The van der Waals surface area contributed by atoms with Gasteiger partial charge in [-0.25, -0.2) is 8.42 Å². The Labute approximate surface area is 319 Å². The molecule has 53 heavy (non-hydrogen) atoms. The SMILES string of the molecule is CCOCC(=O)NCCCC[C@@H](C)C(C)=O.CCOCCNC(=O)CCCS(=O)(=O)NC(=O)CCCCCCCCCCCCCCCc1nn[nH]n1. The molecule has 0 fully saturated rings. The van der Waals surface area contributed by atoms with Gasteiger partial charge in [0, 0.05) is 51.5 Å². The average molecular weight is 774 g/mol. The topological polar surface area (TPSA) is 211 Å². The summed E-state index contributed by atoms with van der Waals surface area (Å²) in [6.45, 7) is 10.1. The molecule has 1 atom stereocenters. The minimum Gasteiger partial charge on any atom is -0.380 e. The standard InChI is InChI=1S/C25H48N6O5S.C12H23NO3/c1-2-36-21-20-26-24(32)19-16-22-37(34,35)29-25(33)18-15-13-11-9-7-5-3-4-6-8-10-12-14-17-23-27-30-31-28-23;1-4-16-9-12(15)13-8-6-5-7-10(2)11(3)14/h2-22H2,1H3,(H,26,32)(H,29,33)(H,27,28,30,31);10H,4-9H2,1-3H3,(H,13,15)/t;10-/m.1/s1. The molecule has 3 amide bonds. The normalized spacial score (nSPS) is 11.7.